The number of aromatic nitrogens is 1. The second kappa shape index (κ2) is 5.51. The largest absolute Gasteiger partial charge is 0.309 e. The first-order valence-electron chi connectivity index (χ1n) is 6.64. The van der Waals surface area contributed by atoms with Crippen LogP contribution in [-0.4, -0.2) is 11.5 Å². The van der Waals surface area contributed by atoms with E-state index in [-0.39, 0.29) is 0 Å². The number of rotatable bonds is 4. The number of nitrogens with zero attached hydrogens (tertiary/aromatic N) is 1. The predicted molar refractivity (Wildman–Crippen MR) is 79.4 cm³/mol. The molecule has 2 aromatic heterocycles. The molecule has 2 aromatic rings. The highest BCUT2D eigenvalue weighted by molar-refractivity contribution is 7.15. The van der Waals surface area contributed by atoms with Crippen LogP contribution in [0.15, 0.2) is 16.8 Å². The number of hydrogen-bond acceptors (Lipinski definition) is 4. The smallest absolute Gasteiger partial charge is 0.124 e. The maximum Gasteiger partial charge on any atom is 0.124 e. The Morgan fingerprint density at radius 1 is 1.50 bits per heavy atom. The molecule has 0 radical (unpaired) electrons. The van der Waals surface area contributed by atoms with E-state index in [0.717, 1.165) is 6.54 Å². The minimum Gasteiger partial charge on any atom is -0.309 e. The highest BCUT2D eigenvalue weighted by Crippen LogP contribution is 2.37. The second-order valence-corrected chi connectivity index (χ2v) is 6.60. The highest BCUT2D eigenvalue weighted by Gasteiger charge is 2.24. The summed E-state index contributed by atoms with van der Waals surface area (Å²) in [7, 11) is 0. The molecular formula is C14H18N2S2. The molecule has 18 heavy (non-hydrogen) atoms. The van der Waals surface area contributed by atoms with Crippen LogP contribution in [0.25, 0.3) is 10.6 Å². The van der Waals surface area contributed by atoms with Crippen LogP contribution in [0.5, 0.6) is 0 Å². The van der Waals surface area contributed by atoms with E-state index in [4.69, 9.17) is 4.98 Å². The lowest BCUT2D eigenvalue weighted by Crippen LogP contribution is -2.25. The van der Waals surface area contributed by atoms with Gasteiger partial charge in [-0.05, 0) is 43.7 Å². The Morgan fingerprint density at radius 2 is 2.44 bits per heavy atom. The van der Waals surface area contributed by atoms with Gasteiger partial charge in [0.25, 0.3) is 0 Å². The van der Waals surface area contributed by atoms with Crippen LogP contribution in [0.2, 0.25) is 0 Å². The maximum absolute atomic E-state index is 4.89. The van der Waals surface area contributed by atoms with Crippen LogP contribution < -0.4 is 5.32 Å². The first kappa shape index (κ1) is 12.3. The lowest BCUT2D eigenvalue weighted by molar-refractivity contribution is 0.454. The summed E-state index contributed by atoms with van der Waals surface area (Å²) < 4.78 is 0. The maximum atomic E-state index is 4.89. The summed E-state index contributed by atoms with van der Waals surface area (Å²) in [6, 6.07) is 2.65. The number of thiazole rings is 1. The van der Waals surface area contributed by atoms with Crippen LogP contribution in [0.1, 0.15) is 42.8 Å². The Hall–Kier alpha value is -0.710. The van der Waals surface area contributed by atoms with Gasteiger partial charge in [-0.25, -0.2) is 4.98 Å². The summed E-state index contributed by atoms with van der Waals surface area (Å²) >= 11 is 3.63. The third-order valence-electron chi connectivity index (χ3n) is 3.36. The quantitative estimate of drug-likeness (QED) is 0.904. The summed E-state index contributed by atoms with van der Waals surface area (Å²) in [5.74, 6) is 0. The molecule has 0 bridgehead atoms. The van der Waals surface area contributed by atoms with Crippen molar-refractivity contribution in [3.05, 3.63) is 27.4 Å². The van der Waals surface area contributed by atoms with Crippen molar-refractivity contribution < 1.29 is 0 Å². The fourth-order valence-corrected chi connectivity index (χ4v) is 4.32. The van der Waals surface area contributed by atoms with Gasteiger partial charge < -0.3 is 5.32 Å². The summed E-state index contributed by atoms with van der Waals surface area (Å²) in [6.07, 6.45) is 4.92. The zero-order chi connectivity index (χ0) is 12.4. The molecule has 4 heteroatoms. The first-order chi connectivity index (χ1) is 8.88. The van der Waals surface area contributed by atoms with E-state index in [2.05, 4.69) is 29.1 Å². The number of hydrogen-bond donors (Lipinski definition) is 1. The molecule has 0 spiro atoms. The molecule has 0 aromatic carbocycles. The average molecular weight is 278 g/mol. The second-order valence-electron chi connectivity index (χ2n) is 4.74. The van der Waals surface area contributed by atoms with Crippen molar-refractivity contribution in [1.29, 1.82) is 0 Å². The third-order valence-corrected chi connectivity index (χ3v) is 5.23. The lowest BCUT2D eigenvalue weighted by Gasteiger charge is -2.22. The van der Waals surface area contributed by atoms with Gasteiger partial charge in [-0.15, -0.1) is 11.3 Å². The van der Waals surface area contributed by atoms with Crippen molar-refractivity contribution in [3.63, 3.8) is 0 Å². The Bertz CT molecular complexity index is 502. The van der Waals surface area contributed by atoms with Gasteiger partial charge in [0.05, 0.1) is 11.7 Å². The molecule has 1 unspecified atom stereocenters. The van der Waals surface area contributed by atoms with E-state index < -0.39 is 0 Å². The van der Waals surface area contributed by atoms with Gasteiger partial charge >= 0.3 is 0 Å². The van der Waals surface area contributed by atoms with E-state index in [9.17, 15) is 0 Å². The molecular weight excluding hydrogens is 260 g/mol. The van der Waals surface area contributed by atoms with Gasteiger partial charge in [-0.2, -0.15) is 11.3 Å². The summed E-state index contributed by atoms with van der Waals surface area (Å²) in [6.45, 7) is 3.31. The SMILES string of the molecule is CCCNC1CCCc2sc(-c3ccsc3)nc21. The van der Waals surface area contributed by atoms with Gasteiger partial charge in [-0.3, -0.25) is 0 Å². The molecule has 1 aliphatic rings. The third kappa shape index (κ3) is 2.37. The summed E-state index contributed by atoms with van der Waals surface area (Å²) in [5, 5.41) is 9.15. The Morgan fingerprint density at radius 3 is 3.22 bits per heavy atom. The topological polar surface area (TPSA) is 24.9 Å². The Balaban J connectivity index is 1.88. The Labute approximate surface area is 116 Å². The highest BCUT2D eigenvalue weighted by atomic mass is 32.1. The van der Waals surface area contributed by atoms with E-state index in [1.165, 1.54) is 46.8 Å². The minimum atomic E-state index is 0.484. The van der Waals surface area contributed by atoms with Crippen LogP contribution in [0, 0.1) is 0 Å². The van der Waals surface area contributed by atoms with Crippen molar-refractivity contribution in [3.8, 4) is 10.6 Å². The molecule has 0 fully saturated rings. The number of nitrogens with one attached hydrogen (secondary N) is 1. The molecule has 2 heterocycles. The first-order valence-corrected chi connectivity index (χ1v) is 8.40. The molecule has 0 aliphatic heterocycles. The van der Waals surface area contributed by atoms with Crippen LogP contribution in [0.3, 0.4) is 0 Å². The van der Waals surface area contributed by atoms with E-state index in [0.29, 0.717) is 6.04 Å². The predicted octanol–water partition coefficient (Wildman–Crippen LogP) is 4.25. The molecule has 96 valence electrons. The number of fused-ring (bicyclic) bond motifs is 1. The van der Waals surface area contributed by atoms with Gasteiger partial charge in [0.2, 0.25) is 0 Å². The zero-order valence-corrected chi connectivity index (χ0v) is 12.2. The van der Waals surface area contributed by atoms with Gasteiger partial charge in [-0.1, -0.05) is 6.92 Å². The van der Waals surface area contributed by atoms with Gasteiger partial charge in [0, 0.05) is 15.8 Å². The van der Waals surface area contributed by atoms with Crippen molar-refractivity contribution in [2.45, 2.75) is 38.6 Å². The van der Waals surface area contributed by atoms with Crippen molar-refractivity contribution in [1.82, 2.24) is 10.3 Å². The number of aryl methyl sites for hydroxylation is 1. The van der Waals surface area contributed by atoms with Crippen LogP contribution in [-0.2, 0) is 6.42 Å². The Kier molecular flexibility index (Phi) is 3.77. The van der Waals surface area contributed by atoms with E-state index >= 15 is 0 Å². The van der Waals surface area contributed by atoms with Crippen molar-refractivity contribution in [2.24, 2.45) is 0 Å². The van der Waals surface area contributed by atoms with E-state index in [1.54, 1.807) is 11.3 Å². The van der Waals surface area contributed by atoms with Crippen molar-refractivity contribution in [2.75, 3.05) is 6.54 Å². The fourth-order valence-electron chi connectivity index (χ4n) is 2.45. The molecule has 0 saturated carbocycles. The molecule has 1 N–H and O–H groups in total. The molecule has 1 aliphatic carbocycles. The van der Waals surface area contributed by atoms with Crippen LogP contribution in [0.4, 0.5) is 0 Å². The standard InChI is InChI=1S/C14H18N2S2/c1-2-7-15-11-4-3-5-12-13(11)16-14(18-12)10-6-8-17-9-10/h6,8-9,11,15H,2-5,7H2,1H3. The zero-order valence-electron chi connectivity index (χ0n) is 10.6. The molecule has 3 rings (SSSR count). The summed E-state index contributed by atoms with van der Waals surface area (Å²) in [5.41, 5.74) is 2.61. The van der Waals surface area contributed by atoms with Gasteiger partial charge in [0.1, 0.15) is 5.01 Å². The molecule has 2 nitrogen and oxygen atoms in total. The molecule has 0 saturated heterocycles. The lowest BCUT2D eigenvalue weighted by atomic mass is 9.97. The summed E-state index contributed by atoms with van der Waals surface area (Å²) in [4.78, 5) is 6.39. The minimum absolute atomic E-state index is 0.484. The average Bonchev–Trinajstić information content (AvgIpc) is 3.03. The van der Waals surface area contributed by atoms with Crippen LogP contribution >= 0.6 is 22.7 Å². The molecule has 0 amide bonds. The molecule has 1 atom stereocenters. The monoisotopic (exact) mass is 278 g/mol. The number of thiophene rings is 1. The normalized spacial score (nSPS) is 18.8. The van der Waals surface area contributed by atoms with Crippen molar-refractivity contribution >= 4 is 22.7 Å². The van der Waals surface area contributed by atoms with Gasteiger partial charge in [0.15, 0.2) is 0 Å². The fraction of sp³-hybridized carbons (Fsp3) is 0.500. The van der Waals surface area contributed by atoms with E-state index in [1.807, 2.05) is 11.3 Å².